The Morgan fingerprint density at radius 1 is 1.15 bits per heavy atom. The van der Waals surface area contributed by atoms with Gasteiger partial charge >= 0.3 is 0 Å². The molecule has 27 heavy (non-hydrogen) atoms. The molecule has 6 nitrogen and oxygen atoms in total. The lowest BCUT2D eigenvalue weighted by Gasteiger charge is -2.13. The molecule has 0 amide bonds. The van der Waals surface area contributed by atoms with Gasteiger partial charge in [-0.3, -0.25) is 0 Å². The van der Waals surface area contributed by atoms with E-state index >= 15 is 0 Å². The van der Waals surface area contributed by atoms with Crippen LogP contribution in [0.25, 0.3) is 11.3 Å². The molecule has 0 atom stereocenters. The average Bonchev–Trinajstić information content (AvgIpc) is 3.10. The lowest BCUT2D eigenvalue weighted by Crippen LogP contribution is -2.14. The van der Waals surface area contributed by atoms with Gasteiger partial charge in [0.05, 0.1) is 29.1 Å². The van der Waals surface area contributed by atoms with Crippen molar-refractivity contribution in [3.05, 3.63) is 54.2 Å². The van der Waals surface area contributed by atoms with Crippen molar-refractivity contribution in [1.82, 2.24) is 4.98 Å². The van der Waals surface area contributed by atoms with E-state index in [0.717, 1.165) is 11.1 Å². The van der Waals surface area contributed by atoms with E-state index in [1.807, 2.05) is 31.2 Å². The first-order valence-corrected chi connectivity index (χ1v) is 10.1. The van der Waals surface area contributed by atoms with Gasteiger partial charge in [-0.25, -0.2) is 13.4 Å². The van der Waals surface area contributed by atoms with Crippen LogP contribution >= 0.6 is 0 Å². The molecule has 7 heteroatoms. The van der Waals surface area contributed by atoms with Crippen LogP contribution in [0.5, 0.6) is 5.75 Å². The maximum atomic E-state index is 12.4. The number of hydrogen-bond acceptors (Lipinski definition) is 6. The highest BCUT2D eigenvalue weighted by Gasteiger charge is 2.21. The zero-order valence-electron chi connectivity index (χ0n) is 15.7. The molecule has 0 saturated carbocycles. The van der Waals surface area contributed by atoms with Gasteiger partial charge in [0.1, 0.15) is 5.75 Å². The number of ether oxygens (including phenoxy) is 1. The predicted molar refractivity (Wildman–Crippen MR) is 105 cm³/mol. The molecule has 0 aliphatic heterocycles. The van der Waals surface area contributed by atoms with Gasteiger partial charge in [-0.15, -0.1) is 0 Å². The number of sulfone groups is 1. The Bertz CT molecular complexity index is 1060. The summed E-state index contributed by atoms with van der Waals surface area (Å²) in [5.74, 6) is 1.11. The Morgan fingerprint density at radius 3 is 2.59 bits per heavy atom. The summed E-state index contributed by atoms with van der Waals surface area (Å²) >= 11 is 0. The third-order valence-electron chi connectivity index (χ3n) is 4.17. The Kier molecular flexibility index (Phi) is 5.23. The number of oxazole rings is 1. The lowest BCUT2D eigenvalue weighted by atomic mass is 10.1. The topological polar surface area (TPSA) is 81.4 Å². The van der Waals surface area contributed by atoms with Crippen LogP contribution in [-0.4, -0.2) is 25.8 Å². The molecule has 0 spiro atoms. The number of aromatic nitrogens is 1. The lowest BCUT2D eigenvalue weighted by molar-refractivity contribution is 0.416. The van der Waals surface area contributed by atoms with E-state index in [1.165, 1.54) is 19.2 Å². The molecule has 1 aromatic heterocycles. The van der Waals surface area contributed by atoms with Crippen molar-refractivity contribution < 1.29 is 17.6 Å². The summed E-state index contributed by atoms with van der Waals surface area (Å²) in [6.45, 7) is 5.30. The molecule has 0 aliphatic carbocycles. The molecule has 0 fully saturated rings. The summed E-state index contributed by atoms with van der Waals surface area (Å²) in [6.07, 6.45) is 1.62. The standard InChI is InChI=1S/C20H22N2O4S/c1-13(2)27(23,24)16-8-9-18(25-4)17(11-16)22-20-21-12-19(26-20)15-7-5-6-14(3)10-15/h5-13H,1-4H3,(H,21,22). The SMILES string of the molecule is COc1ccc(S(=O)(=O)C(C)C)cc1Nc1ncc(-c2cccc(C)c2)o1. The van der Waals surface area contributed by atoms with Crippen LogP contribution < -0.4 is 10.1 Å². The number of aryl methyl sites for hydroxylation is 1. The predicted octanol–water partition coefficient (Wildman–Crippen LogP) is 4.58. The average molecular weight is 386 g/mol. The van der Waals surface area contributed by atoms with Crippen molar-refractivity contribution in [2.24, 2.45) is 0 Å². The van der Waals surface area contributed by atoms with Crippen LogP contribution in [0.2, 0.25) is 0 Å². The summed E-state index contributed by atoms with van der Waals surface area (Å²) in [7, 11) is -1.89. The summed E-state index contributed by atoms with van der Waals surface area (Å²) in [5.41, 5.74) is 2.50. The molecule has 3 aromatic rings. The minimum absolute atomic E-state index is 0.214. The first kappa shape index (κ1) is 19.0. The van der Waals surface area contributed by atoms with Crippen LogP contribution in [0.3, 0.4) is 0 Å². The van der Waals surface area contributed by atoms with E-state index in [2.05, 4.69) is 10.3 Å². The molecule has 0 bridgehead atoms. The van der Waals surface area contributed by atoms with Crippen LogP contribution in [0.4, 0.5) is 11.7 Å². The summed E-state index contributed by atoms with van der Waals surface area (Å²) in [5, 5.41) is 2.49. The molecule has 0 unspecified atom stereocenters. The Hall–Kier alpha value is -2.80. The van der Waals surface area contributed by atoms with Gasteiger partial charge in [-0.2, -0.15) is 0 Å². The van der Waals surface area contributed by atoms with Crippen molar-refractivity contribution in [1.29, 1.82) is 0 Å². The van der Waals surface area contributed by atoms with E-state index in [-0.39, 0.29) is 10.9 Å². The molecular formula is C20H22N2O4S. The number of anilines is 2. The first-order valence-electron chi connectivity index (χ1n) is 8.53. The second-order valence-electron chi connectivity index (χ2n) is 6.48. The Labute approximate surface area is 159 Å². The fourth-order valence-corrected chi connectivity index (χ4v) is 3.70. The van der Waals surface area contributed by atoms with E-state index in [0.29, 0.717) is 17.2 Å². The molecule has 0 saturated heterocycles. The maximum Gasteiger partial charge on any atom is 0.299 e. The number of rotatable bonds is 6. The third kappa shape index (κ3) is 3.98. The molecule has 2 aromatic carbocycles. The Morgan fingerprint density at radius 2 is 1.93 bits per heavy atom. The van der Waals surface area contributed by atoms with Crippen molar-refractivity contribution >= 4 is 21.5 Å². The minimum atomic E-state index is -3.41. The fourth-order valence-electron chi connectivity index (χ4n) is 2.61. The smallest absolute Gasteiger partial charge is 0.299 e. The molecular weight excluding hydrogens is 364 g/mol. The van der Waals surface area contributed by atoms with Gasteiger partial charge in [0.25, 0.3) is 6.01 Å². The van der Waals surface area contributed by atoms with Crippen LogP contribution in [0, 0.1) is 6.92 Å². The summed E-state index contributed by atoms with van der Waals surface area (Å²) in [4.78, 5) is 4.45. The second kappa shape index (κ2) is 7.44. The van der Waals surface area contributed by atoms with E-state index < -0.39 is 15.1 Å². The van der Waals surface area contributed by atoms with E-state index in [1.54, 1.807) is 26.1 Å². The number of methoxy groups -OCH3 is 1. The van der Waals surface area contributed by atoms with E-state index in [9.17, 15) is 8.42 Å². The van der Waals surface area contributed by atoms with Crippen molar-refractivity contribution in [3.8, 4) is 17.1 Å². The summed E-state index contributed by atoms with van der Waals surface area (Å²) < 4.78 is 36.0. The van der Waals surface area contributed by atoms with Gasteiger partial charge in [-0.1, -0.05) is 23.8 Å². The van der Waals surface area contributed by atoms with Gasteiger partial charge in [0.15, 0.2) is 15.6 Å². The van der Waals surface area contributed by atoms with Crippen molar-refractivity contribution in [3.63, 3.8) is 0 Å². The molecule has 3 rings (SSSR count). The Balaban J connectivity index is 1.93. The van der Waals surface area contributed by atoms with Gasteiger partial charge in [0, 0.05) is 5.56 Å². The van der Waals surface area contributed by atoms with Crippen molar-refractivity contribution in [2.45, 2.75) is 30.9 Å². The minimum Gasteiger partial charge on any atom is -0.495 e. The number of nitrogens with zero attached hydrogens (tertiary/aromatic N) is 1. The zero-order chi connectivity index (χ0) is 19.6. The molecule has 142 valence electrons. The zero-order valence-corrected chi connectivity index (χ0v) is 16.5. The van der Waals surface area contributed by atoms with Crippen LogP contribution in [0.15, 0.2) is 58.0 Å². The highest BCUT2D eigenvalue weighted by molar-refractivity contribution is 7.92. The van der Waals surface area contributed by atoms with E-state index in [4.69, 9.17) is 9.15 Å². The second-order valence-corrected chi connectivity index (χ2v) is 8.98. The largest absolute Gasteiger partial charge is 0.495 e. The molecule has 1 N–H and O–H groups in total. The quantitative estimate of drug-likeness (QED) is 0.667. The van der Waals surface area contributed by atoms with Gasteiger partial charge in [0.2, 0.25) is 0 Å². The molecule has 1 heterocycles. The first-order chi connectivity index (χ1) is 12.8. The molecule has 0 aliphatic rings. The van der Waals surface area contributed by atoms with Crippen LogP contribution in [-0.2, 0) is 9.84 Å². The van der Waals surface area contributed by atoms with Gasteiger partial charge < -0.3 is 14.5 Å². The highest BCUT2D eigenvalue weighted by Crippen LogP contribution is 2.32. The number of hydrogen-bond donors (Lipinski definition) is 1. The van der Waals surface area contributed by atoms with Crippen LogP contribution in [0.1, 0.15) is 19.4 Å². The van der Waals surface area contributed by atoms with Gasteiger partial charge in [-0.05, 0) is 45.0 Å². The van der Waals surface area contributed by atoms with Crippen molar-refractivity contribution in [2.75, 3.05) is 12.4 Å². The normalized spacial score (nSPS) is 11.6. The molecule has 0 radical (unpaired) electrons. The monoisotopic (exact) mass is 386 g/mol. The third-order valence-corrected chi connectivity index (χ3v) is 6.32. The highest BCUT2D eigenvalue weighted by atomic mass is 32.2. The maximum absolute atomic E-state index is 12.4. The number of benzene rings is 2. The number of nitrogens with one attached hydrogen (secondary N) is 1. The fraction of sp³-hybridized carbons (Fsp3) is 0.250. The summed E-state index contributed by atoms with van der Waals surface area (Å²) in [6, 6.07) is 12.8.